The molecule has 1 saturated heterocycles. The summed E-state index contributed by atoms with van der Waals surface area (Å²) in [6.07, 6.45) is 5.55. The fourth-order valence-electron chi connectivity index (χ4n) is 4.25. The first-order valence-corrected chi connectivity index (χ1v) is 9.22. The number of benzene rings is 1. The predicted molar refractivity (Wildman–Crippen MR) is 92.5 cm³/mol. The van der Waals surface area contributed by atoms with Crippen molar-refractivity contribution in [3.05, 3.63) is 35.9 Å². The number of hydrogen-bond acceptors (Lipinski definition) is 4. The van der Waals surface area contributed by atoms with Crippen LogP contribution in [-0.2, 0) is 14.3 Å². The molecular weight excluding hydrogens is 302 g/mol. The molecule has 3 atom stereocenters. The van der Waals surface area contributed by atoms with Crippen LogP contribution in [0.15, 0.2) is 30.3 Å². The molecule has 3 rings (SSSR count). The Balaban J connectivity index is 1.91. The minimum absolute atomic E-state index is 0.197. The van der Waals surface area contributed by atoms with Crippen molar-refractivity contribution in [1.82, 2.24) is 4.90 Å². The van der Waals surface area contributed by atoms with Crippen molar-refractivity contribution >= 4 is 11.8 Å². The van der Waals surface area contributed by atoms with Crippen molar-refractivity contribution in [1.29, 1.82) is 0 Å². The summed E-state index contributed by atoms with van der Waals surface area (Å²) >= 11 is 0. The van der Waals surface area contributed by atoms with Crippen LogP contribution < -0.4 is 0 Å². The van der Waals surface area contributed by atoms with Gasteiger partial charge in [-0.3, -0.25) is 14.5 Å². The first-order valence-electron chi connectivity index (χ1n) is 9.22. The Hall–Kier alpha value is -1.68. The summed E-state index contributed by atoms with van der Waals surface area (Å²) in [6, 6.07) is 10.1. The maximum atomic E-state index is 12.7. The van der Waals surface area contributed by atoms with Gasteiger partial charge in [-0.1, -0.05) is 36.8 Å². The van der Waals surface area contributed by atoms with Gasteiger partial charge in [-0.15, -0.1) is 0 Å². The second-order valence-corrected chi connectivity index (χ2v) is 6.82. The van der Waals surface area contributed by atoms with Gasteiger partial charge in [0.05, 0.1) is 6.61 Å². The number of piperidine rings is 1. The van der Waals surface area contributed by atoms with E-state index in [9.17, 15) is 9.59 Å². The molecule has 1 aromatic rings. The minimum Gasteiger partial charge on any atom is -0.465 e. The molecule has 0 radical (unpaired) electrons. The van der Waals surface area contributed by atoms with Crippen LogP contribution >= 0.6 is 0 Å². The molecule has 1 aliphatic carbocycles. The Bertz CT molecular complexity index is 572. The summed E-state index contributed by atoms with van der Waals surface area (Å²) < 4.78 is 5.37. The Morgan fingerprint density at radius 2 is 2.00 bits per heavy atom. The molecular formula is C20H27NO3. The van der Waals surface area contributed by atoms with Crippen molar-refractivity contribution in [3.8, 4) is 0 Å². The summed E-state index contributed by atoms with van der Waals surface area (Å²) in [6.45, 7) is 3.04. The highest BCUT2D eigenvalue weighted by Gasteiger charge is 2.44. The van der Waals surface area contributed by atoms with Gasteiger partial charge >= 0.3 is 5.97 Å². The second kappa shape index (κ2) is 7.93. The number of nitrogens with zero attached hydrogens (tertiary/aromatic N) is 1. The van der Waals surface area contributed by atoms with Crippen LogP contribution in [0.3, 0.4) is 0 Å². The second-order valence-electron chi connectivity index (χ2n) is 6.82. The van der Waals surface area contributed by atoms with E-state index >= 15 is 0 Å². The molecule has 3 unspecified atom stereocenters. The smallest absolute Gasteiger partial charge is 0.324 e. The SMILES string of the molecule is CCOC(=O)C(C1CCCC1=O)N1CCCCC1c1ccccc1. The van der Waals surface area contributed by atoms with Gasteiger partial charge in [0.2, 0.25) is 0 Å². The summed E-state index contributed by atoms with van der Waals surface area (Å²) in [5, 5.41) is 0. The van der Waals surface area contributed by atoms with E-state index in [-0.39, 0.29) is 23.7 Å². The maximum absolute atomic E-state index is 12.7. The number of hydrogen-bond donors (Lipinski definition) is 0. The van der Waals surface area contributed by atoms with E-state index in [2.05, 4.69) is 17.0 Å². The van der Waals surface area contributed by atoms with Crippen molar-refractivity contribution in [2.45, 2.75) is 57.5 Å². The molecule has 1 saturated carbocycles. The van der Waals surface area contributed by atoms with Crippen LogP contribution in [0.1, 0.15) is 57.1 Å². The largest absolute Gasteiger partial charge is 0.465 e. The molecule has 2 fully saturated rings. The first kappa shape index (κ1) is 17.2. The fourth-order valence-corrected chi connectivity index (χ4v) is 4.25. The lowest BCUT2D eigenvalue weighted by molar-refractivity contribution is -0.156. The third kappa shape index (κ3) is 3.54. The summed E-state index contributed by atoms with van der Waals surface area (Å²) in [5.74, 6) is -0.195. The number of likely N-dealkylation sites (tertiary alicyclic amines) is 1. The molecule has 0 bridgehead atoms. The van der Waals surface area contributed by atoms with Gasteiger partial charge in [0.25, 0.3) is 0 Å². The van der Waals surface area contributed by atoms with E-state index in [1.165, 1.54) is 5.56 Å². The van der Waals surface area contributed by atoms with E-state index < -0.39 is 6.04 Å². The molecule has 130 valence electrons. The van der Waals surface area contributed by atoms with Gasteiger partial charge in [-0.2, -0.15) is 0 Å². The lowest BCUT2D eigenvalue weighted by atomic mass is 9.88. The zero-order valence-corrected chi connectivity index (χ0v) is 14.4. The molecule has 2 aliphatic rings. The predicted octanol–water partition coefficient (Wildman–Crippen LogP) is 3.51. The Morgan fingerprint density at radius 3 is 2.67 bits per heavy atom. The highest BCUT2D eigenvalue weighted by atomic mass is 16.5. The number of ketones is 1. The molecule has 24 heavy (non-hydrogen) atoms. The Kier molecular flexibility index (Phi) is 5.67. The quantitative estimate of drug-likeness (QED) is 0.776. The van der Waals surface area contributed by atoms with Gasteiger partial charge in [0.15, 0.2) is 0 Å². The molecule has 1 heterocycles. The van der Waals surface area contributed by atoms with Crippen LogP contribution in [0.5, 0.6) is 0 Å². The zero-order chi connectivity index (χ0) is 16.9. The standard InChI is InChI=1S/C20H27NO3/c1-2-24-20(23)19(16-11-8-13-18(16)22)21-14-7-6-12-17(21)15-9-4-3-5-10-15/h3-5,9-10,16-17,19H,2,6-8,11-14H2,1H3. The topological polar surface area (TPSA) is 46.6 Å². The van der Waals surface area contributed by atoms with E-state index in [1.54, 1.807) is 0 Å². The third-order valence-electron chi connectivity index (χ3n) is 5.35. The summed E-state index contributed by atoms with van der Waals surface area (Å²) in [4.78, 5) is 27.4. The molecule has 0 spiro atoms. The highest BCUT2D eigenvalue weighted by molar-refractivity contribution is 5.90. The summed E-state index contributed by atoms with van der Waals surface area (Å²) in [5.41, 5.74) is 1.23. The van der Waals surface area contributed by atoms with Gasteiger partial charge in [0, 0.05) is 18.4 Å². The molecule has 0 N–H and O–H groups in total. The van der Waals surface area contributed by atoms with E-state index in [1.807, 2.05) is 25.1 Å². The molecule has 1 aliphatic heterocycles. The van der Waals surface area contributed by atoms with Crippen LogP contribution in [-0.4, -0.2) is 35.8 Å². The number of esters is 1. The fraction of sp³-hybridized carbons (Fsp3) is 0.600. The highest BCUT2D eigenvalue weighted by Crippen LogP contribution is 2.37. The van der Waals surface area contributed by atoms with Crippen LogP contribution in [0.2, 0.25) is 0 Å². The van der Waals surface area contributed by atoms with Gasteiger partial charge in [-0.25, -0.2) is 0 Å². The zero-order valence-electron chi connectivity index (χ0n) is 14.4. The number of carbonyl (C=O) groups is 2. The minimum atomic E-state index is -0.426. The Labute approximate surface area is 144 Å². The molecule has 4 nitrogen and oxygen atoms in total. The molecule has 1 aromatic carbocycles. The van der Waals surface area contributed by atoms with E-state index in [4.69, 9.17) is 4.74 Å². The summed E-state index contributed by atoms with van der Waals surface area (Å²) in [7, 11) is 0. The maximum Gasteiger partial charge on any atom is 0.324 e. The van der Waals surface area contributed by atoms with Gasteiger partial charge in [0.1, 0.15) is 11.8 Å². The van der Waals surface area contributed by atoms with Crippen molar-refractivity contribution in [2.75, 3.05) is 13.2 Å². The van der Waals surface area contributed by atoms with Crippen LogP contribution in [0, 0.1) is 5.92 Å². The average molecular weight is 329 g/mol. The van der Waals surface area contributed by atoms with Gasteiger partial charge < -0.3 is 4.74 Å². The van der Waals surface area contributed by atoms with E-state index in [0.717, 1.165) is 38.6 Å². The van der Waals surface area contributed by atoms with E-state index in [0.29, 0.717) is 13.0 Å². The lowest BCUT2D eigenvalue weighted by Gasteiger charge is -2.42. The van der Waals surface area contributed by atoms with Crippen molar-refractivity contribution in [2.24, 2.45) is 5.92 Å². The molecule has 0 aromatic heterocycles. The van der Waals surface area contributed by atoms with Crippen molar-refractivity contribution in [3.63, 3.8) is 0 Å². The number of carbonyl (C=O) groups excluding carboxylic acids is 2. The molecule has 4 heteroatoms. The average Bonchev–Trinajstić information content (AvgIpc) is 3.02. The van der Waals surface area contributed by atoms with Crippen molar-refractivity contribution < 1.29 is 14.3 Å². The van der Waals surface area contributed by atoms with Gasteiger partial charge in [-0.05, 0) is 44.7 Å². The monoisotopic (exact) mass is 329 g/mol. The third-order valence-corrected chi connectivity index (χ3v) is 5.35. The number of ether oxygens (including phenoxy) is 1. The number of Topliss-reactive ketones (excluding diaryl/α,β-unsaturated/α-hetero) is 1. The normalized spacial score (nSPS) is 26.3. The van der Waals surface area contributed by atoms with Crippen LogP contribution in [0.4, 0.5) is 0 Å². The Morgan fingerprint density at radius 1 is 1.21 bits per heavy atom. The number of rotatable bonds is 5. The molecule has 0 amide bonds. The lowest BCUT2D eigenvalue weighted by Crippen LogP contribution is -2.51. The van der Waals surface area contributed by atoms with Crippen LogP contribution in [0.25, 0.3) is 0 Å². The first-order chi connectivity index (χ1) is 11.7.